The molecule has 3 rings (SSSR count). The summed E-state index contributed by atoms with van der Waals surface area (Å²) in [6.45, 7) is 5.12. The molecule has 0 spiro atoms. The maximum atomic E-state index is 12.3. The molecule has 96 valence electrons. The fourth-order valence-corrected chi connectivity index (χ4v) is 3.56. The van der Waals surface area contributed by atoms with Gasteiger partial charge in [0.1, 0.15) is 0 Å². The summed E-state index contributed by atoms with van der Waals surface area (Å²) >= 11 is 0. The Labute approximate surface area is 102 Å². The van der Waals surface area contributed by atoms with E-state index in [0.717, 1.165) is 39.0 Å². The second-order valence-electron chi connectivity index (χ2n) is 5.43. The summed E-state index contributed by atoms with van der Waals surface area (Å²) in [6, 6.07) is 0.435. The molecule has 17 heavy (non-hydrogen) atoms. The lowest BCUT2D eigenvalue weighted by Crippen LogP contribution is -2.45. The zero-order valence-corrected chi connectivity index (χ0v) is 10.4. The van der Waals surface area contributed by atoms with Gasteiger partial charge in [-0.05, 0) is 26.2 Å². The van der Waals surface area contributed by atoms with Crippen molar-refractivity contribution in [2.75, 3.05) is 26.4 Å². The molecule has 3 unspecified atom stereocenters. The van der Waals surface area contributed by atoms with Gasteiger partial charge in [0.25, 0.3) is 0 Å². The van der Waals surface area contributed by atoms with Crippen LogP contribution in [0.15, 0.2) is 0 Å². The van der Waals surface area contributed by atoms with E-state index in [1.165, 1.54) is 0 Å². The zero-order valence-electron chi connectivity index (χ0n) is 10.4. The summed E-state index contributed by atoms with van der Waals surface area (Å²) in [6.07, 6.45) is 3.48. The first-order valence-electron chi connectivity index (χ1n) is 6.79. The molecule has 1 saturated carbocycles. The monoisotopic (exact) mass is 239 g/mol. The Kier molecular flexibility index (Phi) is 3.09. The molecule has 0 aromatic heterocycles. The standard InChI is InChI=1S/C13H21NO3/c1-2-17-12-6-11-5-10(12)7-14(11)13(15)9-3-4-16-8-9/h9-12H,2-8H2,1H3/t9?,10?,11?,12-/m0/s1. The maximum Gasteiger partial charge on any atom is 0.228 e. The number of amides is 1. The Balaban J connectivity index is 1.59. The fraction of sp³-hybridized carbons (Fsp3) is 0.923. The average molecular weight is 239 g/mol. The molecule has 0 aromatic rings. The van der Waals surface area contributed by atoms with Crippen LogP contribution in [0.25, 0.3) is 0 Å². The van der Waals surface area contributed by atoms with Gasteiger partial charge >= 0.3 is 0 Å². The second kappa shape index (κ2) is 4.58. The third kappa shape index (κ3) is 1.97. The highest BCUT2D eigenvalue weighted by atomic mass is 16.5. The summed E-state index contributed by atoms with van der Waals surface area (Å²) in [5.74, 6) is 1.02. The number of rotatable bonds is 3. The number of carbonyl (C=O) groups excluding carboxylic acids is 1. The third-order valence-corrected chi connectivity index (χ3v) is 4.42. The quantitative estimate of drug-likeness (QED) is 0.739. The van der Waals surface area contributed by atoms with Gasteiger partial charge in [0.05, 0.1) is 18.6 Å². The molecule has 2 bridgehead atoms. The Morgan fingerprint density at radius 3 is 2.94 bits per heavy atom. The van der Waals surface area contributed by atoms with Crippen molar-refractivity contribution in [3.8, 4) is 0 Å². The normalized spacial score (nSPS) is 40.2. The van der Waals surface area contributed by atoms with Crippen molar-refractivity contribution in [3.05, 3.63) is 0 Å². The van der Waals surface area contributed by atoms with Crippen LogP contribution in [0.5, 0.6) is 0 Å². The largest absolute Gasteiger partial charge is 0.381 e. The molecule has 1 aliphatic carbocycles. The number of fused-ring (bicyclic) bond motifs is 2. The van der Waals surface area contributed by atoms with Crippen LogP contribution in [0.2, 0.25) is 0 Å². The predicted octanol–water partition coefficient (Wildman–Crippen LogP) is 1.05. The van der Waals surface area contributed by atoms with E-state index in [1.54, 1.807) is 0 Å². The predicted molar refractivity (Wildman–Crippen MR) is 62.6 cm³/mol. The van der Waals surface area contributed by atoms with Crippen molar-refractivity contribution in [1.29, 1.82) is 0 Å². The van der Waals surface area contributed by atoms with E-state index in [4.69, 9.17) is 9.47 Å². The van der Waals surface area contributed by atoms with Gasteiger partial charge in [0.15, 0.2) is 0 Å². The summed E-state index contributed by atoms with van der Waals surface area (Å²) in [5, 5.41) is 0. The molecule has 4 atom stereocenters. The molecule has 4 nitrogen and oxygen atoms in total. The highest BCUT2D eigenvalue weighted by molar-refractivity contribution is 5.80. The highest BCUT2D eigenvalue weighted by Gasteiger charge is 2.48. The van der Waals surface area contributed by atoms with Crippen LogP contribution in [0.4, 0.5) is 0 Å². The van der Waals surface area contributed by atoms with Gasteiger partial charge in [-0.2, -0.15) is 0 Å². The first kappa shape index (κ1) is 11.5. The van der Waals surface area contributed by atoms with Crippen molar-refractivity contribution in [3.63, 3.8) is 0 Å². The topological polar surface area (TPSA) is 38.8 Å². The number of likely N-dealkylation sites (tertiary alicyclic amines) is 1. The van der Waals surface area contributed by atoms with Crippen LogP contribution < -0.4 is 0 Å². The van der Waals surface area contributed by atoms with Crippen LogP contribution in [0, 0.1) is 11.8 Å². The van der Waals surface area contributed by atoms with E-state index in [2.05, 4.69) is 4.90 Å². The summed E-state index contributed by atoms with van der Waals surface area (Å²) in [7, 11) is 0. The molecule has 3 fully saturated rings. The highest BCUT2D eigenvalue weighted by Crippen LogP contribution is 2.40. The number of ether oxygens (including phenoxy) is 2. The lowest BCUT2D eigenvalue weighted by molar-refractivity contribution is -0.138. The fourth-order valence-electron chi connectivity index (χ4n) is 3.56. The SMILES string of the molecule is CCO[C@H]1CC2CC1CN2C(=O)C1CCOC1. The number of piperidine rings is 1. The van der Waals surface area contributed by atoms with Crippen molar-refractivity contribution >= 4 is 5.91 Å². The van der Waals surface area contributed by atoms with Gasteiger partial charge in [0, 0.05) is 31.7 Å². The lowest BCUT2D eigenvalue weighted by Gasteiger charge is -2.32. The van der Waals surface area contributed by atoms with Gasteiger partial charge in [-0.15, -0.1) is 0 Å². The summed E-state index contributed by atoms with van der Waals surface area (Å²) in [4.78, 5) is 14.4. The van der Waals surface area contributed by atoms with E-state index >= 15 is 0 Å². The zero-order chi connectivity index (χ0) is 11.8. The molecular formula is C13H21NO3. The Morgan fingerprint density at radius 2 is 2.35 bits per heavy atom. The Morgan fingerprint density at radius 1 is 1.47 bits per heavy atom. The van der Waals surface area contributed by atoms with Crippen LogP contribution >= 0.6 is 0 Å². The molecule has 0 N–H and O–H groups in total. The van der Waals surface area contributed by atoms with Crippen LogP contribution in [-0.2, 0) is 14.3 Å². The summed E-state index contributed by atoms with van der Waals surface area (Å²) in [5.41, 5.74) is 0. The van der Waals surface area contributed by atoms with Crippen LogP contribution in [0.3, 0.4) is 0 Å². The van der Waals surface area contributed by atoms with E-state index in [0.29, 0.717) is 30.6 Å². The third-order valence-electron chi connectivity index (χ3n) is 4.42. The van der Waals surface area contributed by atoms with Gasteiger partial charge < -0.3 is 14.4 Å². The van der Waals surface area contributed by atoms with E-state index in [9.17, 15) is 4.79 Å². The van der Waals surface area contributed by atoms with E-state index < -0.39 is 0 Å². The van der Waals surface area contributed by atoms with Crippen molar-refractivity contribution < 1.29 is 14.3 Å². The summed E-state index contributed by atoms with van der Waals surface area (Å²) < 4.78 is 11.0. The molecular weight excluding hydrogens is 218 g/mol. The number of nitrogens with zero attached hydrogens (tertiary/aromatic N) is 1. The number of hydrogen-bond acceptors (Lipinski definition) is 3. The minimum Gasteiger partial charge on any atom is -0.381 e. The Hall–Kier alpha value is -0.610. The van der Waals surface area contributed by atoms with Crippen molar-refractivity contribution in [2.24, 2.45) is 11.8 Å². The van der Waals surface area contributed by atoms with Gasteiger partial charge in [-0.3, -0.25) is 4.79 Å². The maximum absolute atomic E-state index is 12.3. The molecule has 1 amide bonds. The molecule has 2 heterocycles. The smallest absolute Gasteiger partial charge is 0.228 e. The molecule has 0 radical (unpaired) electrons. The van der Waals surface area contributed by atoms with Crippen molar-refractivity contribution in [2.45, 2.75) is 38.3 Å². The van der Waals surface area contributed by atoms with Gasteiger partial charge in [-0.25, -0.2) is 0 Å². The lowest BCUT2D eigenvalue weighted by atomic mass is 10.0. The molecule has 4 heteroatoms. The second-order valence-corrected chi connectivity index (χ2v) is 5.43. The van der Waals surface area contributed by atoms with Gasteiger partial charge in [-0.1, -0.05) is 0 Å². The molecule has 0 aromatic carbocycles. The number of hydrogen-bond donors (Lipinski definition) is 0. The van der Waals surface area contributed by atoms with Gasteiger partial charge in [0.2, 0.25) is 5.91 Å². The molecule has 2 saturated heterocycles. The first-order valence-corrected chi connectivity index (χ1v) is 6.79. The van der Waals surface area contributed by atoms with E-state index in [-0.39, 0.29) is 5.92 Å². The van der Waals surface area contributed by atoms with Crippen LogP contribution in [0.1, 0.15) is 26.2 Å². The average Bonchev–Trinajstić information content (AvgIpc) is 3.04. The minimum atomic E-state index is 0.125. The van der Waals surface area contributed by atoms with Crippen LogP contribution in [-0.4, -0.2) is 49.3 Å². The molecule has 2 aliphatic heterocycles. The number of carbonyl (C=O) groups is 1. The molecule has 3 aliphatic rings. The first-order chi connectivity index (χ1) is 8.29. The minimum absolute atomic E-state index is 0.125. The Bertz CT molecular complexity index is 301. The van der Waals surface area contributed by atoms with Crippen molar-refractivity contribution in [1.82, 2.24) is 4.90 Å². The van der Waals surface area contributed by atoms with E-state index in [1.807, 2.05) is 6.92 Å².